The second kappa shape index (κ2) is 8.42. The summed E-state index contributed by atoms with van der Waals surface area (Å²) in [5.41, 5.74) is 3.51. The first-order chi connectivity index (χ1) is 11.1. The molecule has 0 saturated heterocycles. The molecule has 2 rings (SSSR count). The van der Waals surface area contributed by atoms with Gasteiger partial charge in [0.1, 0.15) is 11.5 Å². The molecular weight excluding hydrogens is 338 g/mol. The molecule has 23 heavy (non-hydrogen) atoms. The fourth-order valence-corrected chi connectivity index (χ4v) is 2.75. The van der Waals surface area contributed by atoms with Crippen LogP contribution in [0.1, 0.15) is 5.56 Å². The first-order valence-electron chi connectivity index (χ1n) is 6.28. The maximum Gasteiger partial charge on any atom is 0.313 e. The van der Waals surface area contributed by atoms with Gasteiger partial charge in [0, 0.05) is 0 Å². The van der Waals surface area contributed by atoms with Crippen LogP contribution in [0.3, 0.4) is 0 Å². The second-order valence-electron chi connectivity index (χ2n) is 4.13. The van der Waals surface area contributed by atoms with Crippen molar-refractivity contribution >= 4 is 28.4 Å². The number of phenols is 1. The van der Waals surface area contributed by atoms with Gasteiger partial charge < -0.3 is 9.29 Å². The molecule has 8 heteroatoms. The summed E-state index contributed by atoms with van der Waals surface area (Å²) < 4.78 is 33.2. The van der Waals surface area contributed by atoms with Crippen molar-refractivity contribution in [3.8, 4) is 11.5 Å². The van der Waals surface area contributed by atoms with Gasteiger partial charge >= 0.3 is 11.3 Å². The molecular formula is C15H13NO5S2. The van der Waals surface area contributed by atoms with Crippen molar-refractivity contribution in [2.45, 2.75) is 4.90 Å². The number of nitrogens with one attached hydrogen (secondary N) is 1. The highest BCUT2D eigenvalue weighted by Gasteiger charge is 2.09. The fraction of sp³-hybridized carbons (Fsp3) is 0. The molecule has 0 radical (unpaired) electrons. The van der Waals surface area contributed by atoms with Crippen molar-refractivity contribution in [1.29, 1.82) is 0 Å². The molecule has 0 spiro atoms. The summed E-state index contributed by atoms with van der Waals surface area (Å²) in [5, 5.41) is 9.14. The predicted molar refractivity (Wildman–Crippen MR) is 87.6 cm³/mol. The van der Waals surface area contributed by atoms with Crippen molar-refractivity contribution < 1.29 is 22.0 Å². The minimum atomic E-state index is -2.03. The van der Waals surface area contributed by atoms with Crippen molar-refractivity contribution in [1.82, 2.24) is 4.89 Å². The Morgan fingerprint density at radius 2 is 1.74 bits per heavy atom. The van der Waals surface area contributed by atoms with E-state index < -0.39 is 22.3 Å². The second-order valence-corrected chi connectivity index (χ2v) is 6.04. The van der Waals surface area contributed by atoms with Gasteiger partial charge in [0.15, 0.2) is 0 Å². The fourth-order valence-electron chi connectivity index (χ4n) is 1.51. The Morgan fingerprint density at radius 3 is 2.35 bits per heavy atom. The van der Waals surface area contributed by atoms with Crippen LogP contribution >= 0.6 is 0 Å². The summed E-state index contributed by atoms with van der Waals surface area (Å²) in [4.78, 5) is 2.34. The molecule has 0 heterocycles. The number of phenolic OH excluding ortho intramolecular Hbond substituents is 1. The van der Waals surface area contributed by atoms with Crippen molar-refractivity contribution in [2.75, 3.05) is 0 Å². The van der Waals surface area contributed by atoms with E-state index in [-0.39, 0.29) is 5.75 Å². The summed E-state index contributed by atoms with van der Waals surface area (Å²) in [6, 6.07) is 12.3. The monoisotopic (exact) mass is 351 g/mol. The third-order valence-electron chi connectivity index (χ3n) is 2.53. The van der Waals surface area contributed by atoms with Crippen LogP contribution in [0, 0.1) is 0 Å². The van der Waals surface area contributed by atoms with Crippen LogP contribution < -0.4 is 9.07 Å². The van der Waals surface area contributed by atoms with Crippen LogP contribution in [0.5, 0.6) is 11.5 Å². The van der Waals surface area contributed by atoms with Crippen LogP contribution in [-0.4, -0.2) is 13.5 Å². The van der Waals surface area contributed by atoms with E-state index in [1.165, 1.54) is 24.3 Å². The summed E-state index contributed by atoms with van der Waals surface area (Å²) >= 11 is -3.93. The first kappa shape index (κ1) is 17.1. The molecule has 2 aromatic rings. The Hall–Kier alpha value is -2.22. The largest absolute Gasteiger partial charge is 0.508 e. The summed E-state index contributed by atoms with van der Waals surface area (Å²) in [6.45, 7) is 3.47. The molecule has 0 amide bonds. The van der Waals surface area contributed by atoms with Crippen LogP contribution in [0.25, 0.3) is 6.08 Å². The maximum absolute atomic E-state index is 11.8. The van der Waals surface area contributed by atoms with Crippen LogP contribution in [0.2, 0.25) is 0 Å². The SMILES string of the molecule is C=C=Cc1ccc(OS(=O)NOS(=O)c2ccc(O)cc2)cc1. The van der Waals surface area contributed by atoms with Crippen LogP contribution in [-0.2, 0) is 26.6 Å². The Balaban J connectivity index is 1.86. The van der Waals surface area contributed by atoms with E-state index in [0.29, 0.717) is 10.6 Å². The van der Waals surface area contributed by atoms with Gasteiger partial charge in [0.25, 0.3) is 0 Å². The molecule has 2 aromatic carbocycles. The lowest BCUT2D eigenvalue weighted by atomic mass is 10.2. The molecule has 2 atom stereocenters. The van der Waals surface area contributed by atoms with Crippen molar-refractivity contribution in [2.24, 2.45) is 0 Å². The summed E-state index contributed by atoms with van der Waals surface area (Å²) in [7, 11) is 0. The van der Waals surface area contributed by atoms with Crippen LogP contribution in [0.4, 0.5) is 0 Å². The molecule has 0 aliphatic rings. The minimum absolute atomic E-state index is 0.0420. The number of benzene rings is 2. The van der Waals surface area contributed by atoms with Gasteiger partial charge in [-0.05, 0) is 48.0 Å². The van der Waals surface area contributed by atoms with Gasteiger partial charge in [-0.25, -0.2) is 4.21 Å². The lowest BCUT2D eigenvalue weighted by Crippen LogP contribution is -2.23. The van der Waals surface area contributed by atoms with E-state index in [9.17, 15) is 8.42 Å². The van der Waals surface area contributed by atoms with Gasteiger partial charge in [-0.1, -0.05) is 23.6 Å². The Morgan fingerprint density at radius 1 is 1.09 bits per heavy atom. The normalized spacial score (nSPS) is 12.9. The predicted octanol–water partition coefficient (Wildman–Crippen LogP) is 2.39. The van der Waals surface area contributed by atoms with Crippen LogP contribution in [0.15, 0.2) is 65.7 Å². The first-order valence-corrected chi connectivity index (χ1v) is 8.43. The Kier molecular flexibility index (Phi) is 6.28. The third kappa shape index (κ3) is 5.48. The van der Waals surface area contributed by atoms with Gasteiger partial charge in [0.05, 0.1) is 4.90 Å². The molecule has 0 aromatic heterocycles. The van der Waals surface area contributed by atoms with E-state index >= 15 is 0 Å². The Bertz CT molecular complexity index is 752. The topological polar surface area (TPSA) is 84.9 Å². The van der Waals surface area contributed by atoms with E-state index in [4.69, 9.17) is 13.6 Å². The van der Waals surface area contributed by atoms with E-state index in [0.717, 1.165) is 5.56 Å². The molecule has 2 unspecified atom stereocenters. The standard InChI is InChI=1S/C15H13NO5S2/c1-2-3-12-4-8-14(9-5-12)20-23(19)16-21-22(18)15-10-6-13(17)7-11-15/h3-11,16-17H,1H2. The number of hydrogen-bond acceptors (Lipinski definition) is 5. The summed E-state index contributed by atoms with van der Waals surface area (Å²) in [5.74, 6) is 0.386. The number of rotatable bonds is 7. The van der Waals surface area contributed by atoms with Gasteiger partial charge in [-0.3, -0.25) is 0 Å². The lowest BCUT2D eigenvalue weighted by Gasteiger charge is -2.06. The highest BCUT2D eigenvalue weighted by molar-refractivity contribution is 7.82. The Labute approximate surface area is 138 Å². The van der Waals surface area contributed by atoms with E-state index in [1.807, 2.05) is 4.89 Å². The lowest BCUT2D eigenvalue weighted by molar-refractivity contribution is 0.295. The zero-order valence-corrected chi connectivity index (χ0v) is 13.4. The smallest absolute Gasteiger partial charge is 0.313 e. The maximum atomic E-state index is 11.8. The zero-order valence-electron chi connectivity index (χ0n) is 11.8. The molecule has 0 aliphatic heterocycles. The minimum Gasteiger partial charge on any atom is -0.508 e. The highest BCUT2D eigenvalue weighted by Crippen LogP contribution is 2.15. The van der Waals surface area contributed by atoms with Gasteiger partial charge in [-0.2, -0.15) is 8.49 Å². The van der Waals surface area contributed by atoms with E-state index in [1.54, 1.807) is 30.3 Å². The third-order valence-corrected chi connectivity index (χ3v) is 4.09. The van der Waals surface area contributed by atoms with Crippen molar-refractivity contribution in [3.63, 3.8) is 0 Å². The number of aromatic hydroxyl groups is 1. The molecule has 2 N–H and O–H groups in total. The molecule has 0 fully saturated rings. The van der Waals surface area contributed by atoms with Gasteiger partial charge in [-0.15, -0.1) is 5.73 Å². The molecule has 0 bridgehead atoms. The average Bonchev–Trinajstić information content (AvgIpc) is 2.55. The van der Waals surface area contributed by atoms with Gasteiger partial charge in [0.2, 0.25) is 11.1 Å². The average molecular weight is 351 g/mol. The zero-order chi connectivity index (χ0) is 16.7. The molecule has 120 valence electrons. The molecule has 6 nitrogen and oxygen atoms in total. The molecule has 0 saturated carbocycles. The molecule has 0 aliphatic carbocycles. The quantitative estimate of drug-likeness (QED) is 0.591. The van der Waals surface area contributed by atoms with E-state index in [2.05, 4.69) is 12.3 Å². The highest BCUT2D eigenvalue weighted by atomic mass is 32.2. The number of hydrogen-bond donors (Lipinski definition) is 2. The van der Waals surface area contributed by atoms with Crippen molar-refractivity contribution in [3.05, 3.63) is 66.4 Å². The summed E-state index contributed by atoms with van der Waals surface area (Å²) in [6.07, 6.45) is 1.68.